The van der Waals surface area contributed by atoms with Crippen LogP contribution in [0.2, 0.25) is 5.02 Å². The number of aromatic nitrogens is 2. The molecule has 3 aromatic rings. The van der Waals surface area contributed by atoms with Gasteiger partial charge in [-0.15, -0.1) is 0 Å². The molecule has 2 aromatic carbocycles. The first-order valence-electron chi connectivity index (χ1n) is 9.85. The summed E-state index contributed by atoms with van der Waals surface area (Å²) >= 11 is 6.02. The Kier molecular flexibility index (Phi) is 7.44. The Labute approximate surface area is 176 Å². The zero-order chi connectivity index (χ0) is 20.6. The van der Waals surface area contributed by atoms with Crippen LogP contribution in [-0.4, -0.2) is 22.1 Å². The minimum absolute atomic E-state index is 0.0885. The molecule has 0 amide bonds. The summed E-state index contributed by atoms with van der Waals surface area (Å²) in [4.78, 5) is 17.2. The maximum absolute atomic E-state index is 12.9. The van der Waals surface area contributed by atoms with Crippen molar-refractivity contribution in [3.63, 3.8) is 0 Å². The van der Waals surface area contributed by atoms with Gasteiger partial charge in [-0.3, -0.25) is 4.79 Å². The van der Waals surface area contributed by atoms with Crippen molar-refractivity contribution in [2.75, 3.05) is 11.9 Å². The normalized spacial score (nSPS) is 12.0. The Bertz CT molecular complexity index is 988. The van der Waals surface area contributed by atoms with E-state index in [0.29, 0.717) is 25.5 Å². The molecule has 0 saturated heterocycles. The summed E-state index contributed by atoms with van der Waals surface area (Å²) in [6.45, 7) is 5.93. The van der Waals surface area contributed by atoms with Crippen LogP contribution >= 0.6 is 11.6 Å². The largest absolute Gasteiger partial charge is 0.363 e. The lowest BCUT2D eigenvalue weighted by molar-refractivity contribution is 0.572. The van der Waals surface area contributed by atoms with Crippen molar-refractivity contribution in [1.82, 2.24) is 14.9 Å². The van der Waals surface area contributed by atoms with Crippen molar-refractivity contribution in [2.45, 2.75) is 39.4 Å². The third-order valence-corrected chi connectivity index (χ3v) is 4.99. The summed E-state index contributed by atoms with van der Waals surface area (Å²) in [6.07, 6.45) is 2.58. The second-order valence-corrected chi connectivity index (χ2v) is 7.68. The number of hydrogen-bond acceptors (Lipinski definition) is 4. The van der Waals surface area contributed by atoms with Crippen LogP contribution in [0.3, 0.4) is 0 Å². The predicted octanol–water partition coefficient (Wildman–Crippen LogP) is 4.04. The molecule has 1 unspecified atom stereocenters. The number of benzene rings is 2. The molecule has 29 heavy (non-hydrogen) atoms. The fourth-order valence-electron chi connectivity index (χ4n) is 3.27. The second kappa shape index (κ2) is 10.2. The number of hydrogen-bond donors (Lipinski definition) is 2. The Morgan fingerprint density at radius 2 is 1.86 bits per heavy atom. The van der Waals surface area contributed by atoms with E-state index in [4.69, 9.17) is 11.6 Å². The Balaban J connectivity index is 1.58. The van der Waals surface area contributed by atoms with Crippen LogP contribution in [0.5, 0.6) is 0 Å². The van der Waals surface area contributed by atoms with Gasteiger partial charge in [-0.1, -0.05) is 54.1 Å². The average molecular weight is 411 g/mol. The molecule has 2 N–H and O–H groups in total. The minimum atomic E-state index is -0.0885. The highest BCUT2D eigenvalue weighted by Crippen LogP contribution is 2.10. The first kappa shape index (κ1) is 21.1. The molecule has 6 heteroatoms. The first-order chi connectivity index (χ1) is 14.0. The van der Waals surface area contributed by atoms with Gasteiger partial charge in [0.1, 0.15) is 0 Å². The molecule has 0 fully saturated rings. The molecule has 1 atom stereocenters. The van der Waals surface area contributed by atoms with Crippen LogP contribution < -0.4 is 16.2 Å². The van der Waals surface area contributed by atoms with E-state index in [-0.39, 0.29) is 11.6 Å². The van der Waals surface area contributed by atoms with E-state index in [1.807, 2.05) is 49.4 Å². The number of anilines is 1. The summed E-state index contributed by atoms with van der Waals surface area (Å²) in [5, 5.41) is 7.36. The number of halogens is 1. The minimum Gasteiger partial charge on any atom is -0.363 e. The summed E-state index contributed by atoms with van der Waals surface area (Å²) in [7, 11) is 0. The molecule has 0 saturated carbocycles. The van der Waals surface area contributed by atoms with E-state index in [1.54, 1.807) is 10.8 Å². The van der Waals surface area contributed by atoms with Crippen molar-refractivity contribution < 1.29 is 0 Å². The van der Waals surface area contributed by atoms with E-state index in [1.165, 1.54) is 5.56 Å². The lowest BCUT2D eigenvalue weighted by Crippen LogP contribution is -2.32. The van der Waals surface area contributed by atoms with Gasteiger partial charge in [-0.05, 0) is 43.5 Å². The second-order valence-electron chi connectivity index (χ2n) is 7.25. The summed E-state index contributed by atoms with van der Waals surface area (Å²) < 4.78 is 1.76. The van der Waals surface area contributed by atoms with Gasteiger partial charge in [0, 0.05) is 42.6 Å². The van der Waals surface area contributed by atoms with Crippen LogP contribution in [0.15, 0.2) is 65.6 Å². The molecule has 5 nitrogen and oxygen atoms in total. The van der Waals surface area contributed by atoms with Crippen LogP contribution in [0.25, 0.3) is 0 Å². The third kappa shape index (κ3) is 6.17. The lowest BCUT2D eigenvalue weighted by Gasteiger charge is -2.17. The Hall–Kier alpha value is -2.63. The van der Waals surface area contributed by atoms with E-state index in [2.05, 4.69) is 34.7 Å². The number of nitrogens with one attached hydrogen (secondary N) is 2. The smallest absolute Gasteiger partial charge is 0.293 e. The van der Waals surface area contributed by atoms with Gasteiger partial charge in [0.25, 0.3) is 5.56 Å². The topological polar surface area (TPSA) is 59.0 Å². The van der Waals surface area contributed by atoms with E-state index < -0.39 is 0 Å². The van der Waals surface area contributed by atoms with Gasteiger partial charge in [0.15, 0.2) is 5.82 Å². The molecule has 0 spiro atoms. The highest BCUT2D eigenvalue weighted by Gasteiger charge is 2.11. The molecule has 1 heterocycles. The summed E-state index contributed by atoms with van der Waals surface area (Å²) in [6, 6.07) is 18.1. The molecule has 0 aliphatic rings. The number of rotatable bonds is 9. The SMILES string of the molecule is Cc1cnc(NC(C)Cc2ccccc2)c(=O)n1CCNCc1cccc(Cl)c1. The molecule has 0 aliphatic carbocycles. The molecule has 1 aromatic heterocycles. The standard InChI is InChI=1S/C23H27ClN4O/c1-17(13-19-7-4-3-5-8-19)27-22-23(29)28(18(2)15-26-22)12-11-25-16-20-9-6-10-21(24)14-20/h3-10,14-15,17,25H,11-13,16H2,1-2H3,(H,26,27). The van der Waals surface area contributed by atoms with Crippen molar-refractivity contribution in [3.05, 3.63) is 93.0 Å². The van der Waals surface area contributed by atoms with Gasteiger partial charge in [0.2, 0.25) is 0 Å². The van der Waals surface area contributed by atoms with E-state index in [0.717, 1.165) is 22.7 Å². The van der Waals surface area contributed by atoms with Crippen LogP contribution in [0, 0.1) is 6.92 Å². The van der Waals surface area contributed by atoms with Crippen molar-refractivity contribution in [3.8, 4) is 0 Å². The highest BCUT2D eigenvalue weighted by atomic mass is 35.5. The van der Waals surface area contributed by atoms with Crippen LogP contribution in [0.4, 0.5) is 5.82 Å². The fourth-order valence-corrected chi connectivity index (χ4v) is 3.48. The fraction of sp³-hybridized carbons (Fsp3) is 0.304. The van der Waals surface area contributed by atoms with Gasteiger partial charge >= 0.3 is 0 Å². The Morgan fingerprint density at radius 1 is 1.10 bits per heavy atom. The maximum atomic E-state index is 12.9. The van der Waals surface area contributed by atoms with Gasteiger partial charge < -0.3 is 15.2 Å². The van der Waals surface area contributed by atoms with Crippen molar-refractivity contribution in [1.29, 1.82) is 0 Å². The van der Waals surface area contributed by atoms with Gasteiger partial charge in [-0.2, -0.15) is 0 Å². The monoisotopic (exact) mass is 410 g/mol. The molecular weight excluding hydrogens is 384 g/mol. The third-order valence-electron chi connectivity index (χ3n) is 4.75. The quantitative estimate of drug-likeness (QED) is 0.523. The Morgan fingerprint density at radius 3 is 2.62 bits per heavy atom. The lowest BCUT2D eigenvalue weighted by atomic mass is 10.1. The molecule has 3 rings (SSSR count). The summed E-state index contributed by atoms with van der Waals surface area (Å²) in [5.41, 5.74) is 3.11. The van der Waals surface area contributed by atoms with Crippen molar-refractivity contribution in [2.24, 2.45) is 0 Å². The molecular formula is C23H27ClN4O. The van der Waals surface area contributed by atoms with Crippen LogP contribution in [0.1, 0.15) is 23.7 Å². The number of aryl methyl sites for hydroxylation is 1. The van der Waals surface area contributed by atoms with Gasteiger partial charge in [-0.25, -0.2) is 4.98 Å². The predicted molar refractivity (Wildman–Crippen MR) is 120 cm³/mol. The molecule has 0 radical (unpaired) electrons. The average Bonchev–Trinajstić information content (AvgIpc) is 2.70. The molecule has 0 aliphatic heterocycles. The summed E-state index contributed by atoms with van der Waals surface area (Å²) in [5.74, 6) is 0.397. The van der Waals surface area contributed by atoms with E-state index >= 15 is 0 Å². The van der Waals surface area contributed by atoms with Gasteiger partial charge in [0.05, 0.1) is 0 Å². The zero-order valence-electron chi connectivity index (χ0n) is 16.9. The first-order valence-corrected chi connectivity index (χ1v) is 10.2. The molecule has 152 valence electrons. The van der Waals surface area contributed by atoms with Crippen LogP contribution in [-0.2, 0) is 19.5 Å². The molecule has 0 bridgehead atoms. The maximum Gasteiger partial charge on any atom is 0.293 e. The van der Waals surface area contributed by atoms with E-state index in [9.17, 15) is 4.79 Å². The highest BCUT2D eigenvalue weighted by molar-refractivity contribution is 6.30. The van der Waals surface area contributed by atoms with Crippen molar-refractivity contribution >= 4 is 17.4 Å². The number of nitrogens with zero attached hydrogens (tertiary/aromatic N) is 2. The zero-order valence-corrected chi connectivity index (χ0v) is 17.6.